The van der Waals surface area contributed by atoms with E-state index >= 15 is 0 Å². The second-order valence-corrected chi connectivity index (χ2v) is 6.93. The largest absolute Gasteiger partial charge is 0.350 e. The van der Waals surface area contributed by atoms with E-state index < -0.39 is 27.1 Å². The average Bonchev–Trinajstić information content (AvgIpc) is 2.73. The molecular formula is C19H19N5O6S. The number of non-ortho nitro benzene ring substituents is 2. The number of nitrogens with one attached hydrogen (secondary N) is 3. The van der Waals surface area contributed by atoms with Gasteiger partial charge < -0.3 is 10.6 Å². The topological polar surface area (TPSA) is 157 Å². The number of thiocarbonyl (C=S) groups is 1. The first-order chi connectivity index (χ1) is 14.6. The van der Waals surface area contributed by atoms with E-state index in [4.69, 9.17) is 12.2 Å². The Balaban J connectivity index is 2.06. The lowest BCUT2D eigenvalue weighted by Crippen LogP contribution is -2.34. The minimum absolute atomic E-state index is 0.0396. The molecule has 1 unspecified atom stereocenters. The van der Waals surface area contributed by atoms with Crippen LogP contribution in [0.25, 0.3) is 0 Å². The average molecular weight is 445 g/mol. The second-order valence-electron chi connectivity index (χ2n) is 6.52. The number of carbonyl (C=O) groups is 2. The number of nitro benzene ring substituents is 2. The van der Waals surface area contributed by atoms with Crippen LogP contribution >= 0.6 is 12.2 Å². The van der Waals surface area contributed by atoms with Crippen LogP contribution in [0.2, 0.25) is 0 Å². The zero-order valence-electron chi connectivity index (χ0n) is 16.6. The summed E-state index contributed by atoms with van der Waals surface area (Å²) in [6, 6.07) is 8.95. The molecule has 0 spiro atoms. The molecule has 1 atom stereocenters. The number of hydrogen-bond donors (Lipinski definition) is 3. The van der Waals surface area contributed by atoms with E-state index in [0.29, 0.717) is 11.3 Å². The lowest BCUT2D eigenvalue weighted by Gasteiger charge is -2.12. The molecule has 0 aromatic heterocycles. The number of carbonyl (C=O) groups excluding carboxylic acids is 2. The number of rotatable bonds is 7. The van der Waals surface area contributed by atoms with E-state index in [2.05, 4.69) is 16.0 Å². The molecule has 2 amide bonds. The molecule has 31 heavy (non-hydrogen) atoms. The molecule has 0 aliphatic carbocycles. The molecule has 162 valence electrons. The summed E-state index contributed by atoms with van der Waals surface area (Å²) in [7, 11) is 0. The molecule has 2 aromatic carbocycles. The van der Waals surface area contributed by atoms with E-state index in [1.165, 1.54) is 0 Å². The predicted molar refractivity (Wildman–Crippen MR) is 117 cm³/mol. The maximum absolute atomic E-state index is 12.3. The molecule has 3 N–H and O–H groups in total. The molecule has 0 bridgehead atoms. The van der Waals surface area contributed by atoms with E-state index in [9.17, 15) is 29.8 Å². The van der Waals surface area contributed by atoms with Gasteiger partial charge in [0.25, 0.3) is 23.2 Å². The fourth-order valence-electron chi connectivity index (χ4n) is 2.39. The molecule has 0 aliphatic rings. The monoisotopic (exact) mass is 445 g/mol. The highest BCUT2D eigenvalue weighted by Gasteiger charge is 2.20. The van der Waals surface area contributed by atoms with Crippen LogP contribution in [-0.2, 0) is 0 Å². The highest BCUT2D eigenvalue weighted by Crippen LogP contribution is 2.22. The number of benzene rings is 2. The van der Waals surface area contributed by atoms with Crippen molar-refractivity contribution in [3.8, 4) is 0 Å². The van der Waals surface area contributed by atoms with Crippen molar-refractivity contribution in [2.45, 2.75) is 26.3 Å². The van der Waals surface area contributed by atoms with E-state index in [1.807, 2.05) is 13.8 Å². The maximum Gasteiger partial charge on any atom is 0.277 e. The molecule has 0 fully saturated rings. The number of amides is 2. The van der Waals surface area contributed by atoms with Crippen LogP contribution in [0.4, 0.5) is 17.1 Å². The van der Waals surface area contributed by atoms with Gasteiger partial charge in [0, 0.05) is 29.4 Å². The first-order valence-corrected chi connectivity index (χ1v) is 9.48. The van der Waals surface area contributed by atoms with Crippen molar-refractivity contribution in [3.05, 3.63) is 73.8 Å². The Morgan fingerprint density at radius 3 is 2.00 bits per heavy atom. The van der Waals surface area contributed by atoms with Gasteiger partial charge in [-0.3, -0.25) is 35.1 Å². The minimum atomic E-state index is -0.853. The number of hydrogen-bond acceptors (Lipinski definition) is 7. The lowest BCUT2D eigenvalue weighted by molar-refractivity contribution is -0.394. The normalized spacial score (nSPS) is 11.2. The number of anilines is 1. The Bertz CT molecular complexity index is 1010. The van der Waals surface area contributed by atoms with E-state index in [0.717, 1.165) is 24.6 Å². The van der Waals surface area contributed by atoms with Crippen LogP contribution in [0, 0.1) is 20.2 Å². The Hall–Kier alpha value is -3.93. The lowest BCUT2D eigenvalue weighted by atomic mass is 10.1. The van der Waals surface area contributed by atoms with Crippen LogP contribution in [0.5, 0.6) is 0 Å². The molecule has 0 radical (unpaired) electrons. The third-order valence-corrected chi connectivity index (χ3v) is 4.41. The summed E-state index contributed by atoms with van der Waals surface area (Å²) in [6.45, 7) is 3.85. The first kappa shape index (κ1) is 23.3. The minimum Gasteiger partial charge on any atom is -0.350 e. The third-order valence-electron chi connectivity index (χ3n) is 4.21. The van der Waals surface area contributed by atoms with Gasteiger partial charge in [0.05, 0.1) is 21.5 Å². The van der Waals surface area contributed by atoms with Gasteiger partial charge in [-0.05, 0) is 49.8 Å². The van der Waals surface area contributed by atoms with Gasteiger partial charge in [0.15, 0.2) is 5.11 Å². The predicted octanol–water partition coefficient (Wildman–Crippen LogP) is 3.16. The van der Waals surface area contributed by atoms with Crippen molar-refractivity contribution >= 4 is 46.2 Å². The van der Waals surface area contributed by atoms with Gasteiger partial charge >= 0.3 is 0 Å². The summed E-state index contributed by atoms with van der Waals surface area (Å²) in [4.78, 5) is 44.7. The SMILES string of the molecule is CCC(C)NC(=O)c1ccc(NC(=S)NC(=O)c2cc([N+](=O)[O-])cc([N+](=O)[O-])c2)cc1. The quantitative estimate of drug-likeness (QED) is 0.333. The summed E-state index contributed by atoms with van der Waals surface area (Å²) in [5.74, 6) is -1.07. The summed E-state index contributed by atoms with van der Waals surface area (Å²) in [5.41, 5.74) is -0.545. The first-order valence-electron chi connectivity index (χ1n) is 9.07. The zero-order valence-corrected chi connectivity index (χ0v) is 17.4. The molecule has 2 rings (SSSR count). The van der Waals surface area contributed by atoms with Crippen LogP contribution < -0.4 is 16.0 Å². The fourth-order valence-corrected chi connectivity index (χ4v) is 2.60. The summed E-state index contributed by atoms with van der Waals surface area (Å²) < 4.78 is 0. The molecule has 0 aliphatic heterocycles. The van der Waals surface area contributed by atoms with Crippen molar-refractivity contribution in [2.24, 2.45) is 0 Å². The molecule has 2 aromatic rings. The van der Waals surface area contributed by atoms with Crippen LogP contribution in [0.1, 0.15) is 41.0 Å². The Morgan fingerprint density at radius 1 is 0.968 bits per heavy atom. The molecule has 0 saturated heterocycles. The van der Waals surface area contributed by atoms with Gasteiger partial charge in [-0.2, -0.15) is 0 Å². The summed E-state index contributed by atoms with van der Waals surface area (Å²) in [6.07, 6.45) is 0.799. The summed E-state index contributed by atoms with van der Waals surface area (Å²) >= 11 is 5.05. The van der Waals surface area contributed by atoms with Crippen LogP contribution in [0.3, 0.4) is 0 Å². The third kappa shape index (κ3) is 6.54. The van der Waals surface area contributed by atoms with Crippen molar-refractivity contribution < 1.29 is 19.4 Å². The highest BCUT2D eigenvalue weighted by atomic mass is 32.1. The standard InChI is InChI=1S/C19H19N5O6S/c1-3-11(2)20-17(25)12-4-6-14(7-5-12)21-19(31)22-18(26)13-8-15(23(27)28)10-16(9-13)24(29)30/h4-11H,3H2,1-2H3,(H,20,25)(H2,21,22,26,31). The molecule has 0 heterocycles. The summed E-state index contributed by atoms with van der Waals surface area (Å²) in [5, 5.41) is 29.6. The molecule has 0 saturated carbocycles. The molecular weight excluding hydrogens is 426 g/mol. The van der Waals surface area contributed by atoms with Crippen molar-refractivity contribution in [1.82, 2.24) is 10.6 Å². The van der Waals surface area contributed by atoms with Gasteiger partial charge in [0.1, 0.15) is 0 Å². The van der Waals surface area contributed by atoms with Gasteiger partial charge in [-0.1, -0.05) is 6.92 Å². The molecule has 11 nitrogen and oxygen atoms in total. The Morgan fingerprint density at radius 2 is 1.52 bits per heavy atom. The zero-order chi connectivity index (χ0) is 23.1. The highest BCUT2D eigenvalue weighted by molar-refractivity contribution is 7.80. The van der Waals surface area contributed by atoms with Gasteiger partial charge in [-0.25, -0.2) is 0 Å². The number of nitrogens with zero attached hydrogens (tertiary/aromatic N) is 2. The second kappa shape index (κ2) is 10.2. The van der Waals surface area contributed by atoms with Crippen molar-refractivity contribution in [2.75, 3.05) is 5.32 Å². The smallest absolute Gasteiger partial charge is 0.277 e. The van der Waals surface area contributed by atoms with Crippen LogP contribution in [0.15, 0.2) is 42.5 Å². The van der Waals surface area contributed by atoms with E-state index in [-0.39, 0.29) is 22.6 Å². The van der Waals surface area contributed by atoms with Crippen molar-refractivity contribution in [1.29, 1.82) is 0 Å². The Labute approximate surface area is 182 Å². The van der Waals surface area contributed by atoms with Crippen LogP contribution in [-0.4, -0.2) is 32.8 Å². The van der Waals surface area contributed by atoms with Crippen molar-refractivity contribution in [3.63, 3.8) is 0 Å². The molecule has 12 heteroatoms. The van der Waals surface area contributed by atoms with E-state index in [1.54, 1.807) is 24.3 Å². The number of nitro groups is 2. The Kier molecular flexibility index (Phi) is 7.69. The van der Waals surface area contributed by atoms with Gasteiger partial charge in [0.2, 0.25) is 0 Å². The maximum atomic E-state index is 12.3. The van der Waals surface area contributed by atoms with Gasteiger partial charge in [-0.15, -0.1) is 0 Å². The fraction of sp³-hybridized carbons (Fsp3) is 0.211.